The molecule has 2 aromatic heterocycles. The van der Waals surface area contributed by atoms with Crippen molar-refractivity contribution in [2.75, 3.05) is 25.5 Å². The highest BCUT2D eigenvalue weighted by Gasteiger charge is 2.25. The minimum atomic E-state index is 0.0658. The molecule has 0 bridgehead atoms. The number of para-hydroxylation sites is 1. The lowest BCUT2D eigenvalue weighted by Crippen LogP contribution is -2.37. The van der Waals surface area contributed by atoms with Crippen molar-refractivity contribution in [2.24, 2.45) is 0 Å². The van der Waals surface area contributed by atoms with E-state index in [2.05, 4.69) is 15.3 Å². The molecule has 1 amide bonds. The highest BCUT2D eigenvalue weighted by Crippen LogP contribution is 2.29. The summed E-state index contributed by atoms with van der Waals surface area (Å²) in [6, 6.07) is 7.68. The van der Waals surface area contributed by atoms with Gasteiger partial charge in [-0.15, -0.1) is 5.10 Å². The summed E-state index contributed by atoms with van der Waals surface area (Å²) in [5, 5.41) is 9.21. The van der Waals surface area contributed by atoms with Crippen LogP contribution in [0, 0.1) is 0 Å². The molecule has 4 rings (SSSR count). The second kappa shape index (κ2) is 5.86. The zero-order valence-corrected chi connectivity index (χ0v) is 14.5. The first-order valence-electron chi connectivity index (χ1n) is 7.84. The number of carbonyl (C=O) groups is 1. The van der Waals surface area contributed by atoms with Crippen molar-refractivity contribution < 1.29 is 4.79 Å². The van der Waals surface area contributed by atoms with Crippen molar-refractivity contribution in [1.29, 1.82) is 0 Å². The van der Waals surface area contributed by atoms with Crippen LogP contribution in [0.15, 0.2) is 24.3 Å². The zero-order valence-electron chi connectivity index (χ0n) is 13.6. The molecule has 0 N–H and O–H groups in total. The number of aromatic nitrogens is 4. The standard InChI is InChI=1S/C16H18N6OS/c1-20(2)16-17-12-7-8-21(9-14(12)24-16)15(23)10-22-13-6-4-3-5-11(13)18-19-22/h3-6H,7-10H2,1-2H3. The molecule has 0 aliphatic carbocycles. The Bertz CT molecular complexity index is 899. The molecular weight excluding hydrogens is 324 g/mol. The molecule has 0 spiro atoms. The number of anilines is 1. The summed E-state index contributed by atoms with van der Waals surface area (Å²) < 4.78 is 1.67. The summed E-state index contributed by atoms with van der Waals surface area (Å²) in [5.74, 6) is 0.0658. The van der Waals surface area contributed by atoms with Gasteiger partial charge < -0.3 is 9.80 Å². The van der Waals surface area contributed by atoms with Crippen molar-refractivity contribution in [3.05, 3.63) is 34.8 Å². The zero-order chi connectivity index (χ0) is 16.7. The minimum Gasteiger partial charge on any atom is -0.354 e. The molecule has 1 aliphatic heterocycles. The third-order valence-electron chi connectivity index (χ3n) is 4.16. The molecule has 0 saturated heterocycles. The van der Waals surface area contributed by atoms with E-state index in [1.807, 2.05) is 48.2 Å². The van der Waals surface area contributed by atoms with E-state index in [9.17, 15) is 4.79 Å². The van der Waals surface area contributed by atoms with Gasteiger partial charge in [-0.25, -0.2) is 9.67 Å². The van der Waals surface area contributed by atoms with Gasteiger partial charge in [-0.3, -0.25) is 4.79 Å². The average molecular weight is 342 g/mol. The smallest absolute Gasteiger partial charge is 0.244 e. The Labute approximate surface area is 143 Å². The summed E-state index contributed by atoms with van der Waals surface area (Å²) in [6.45, 7) is 1.55. The Morgan fingerprint density at radius 3 is 3.00 bits per heavy atom. The first-order valence-corrected chi connectivity index (χ1v) is 8.65. The Hall–Kier alpha value is -2.48. The Morgan fingerprint density at radius 1 is 1.33 bits per heavy atom. The maximum absolute atomic E-state index is 12.7. The maximum Gasteiger partial charge on any atom is 0.244 e. The molecule has 1 aromatic carbocycles. The number of hydrogen-bond acceptors (Lipinski definition) is 6. The fraction of sp³-hybridized carbons (Fsp3) is 0.375. The third-order valence-corrected chi connectivity index (χ3v) is 5.41. The monoisotopic (exact) mass is 342 g/mol. The van der Waals surface area contributed by atoms with E-state index in [1.54, 1.807) is 16.0 Å². The number of fused-ring (bicyclic) bond motifs is 2. The maximum atomic E-state index is 12.7. The topological polar surface area (TPSA) is 67.2 Å². The van der Waals surface area contributed by atoms with Crippen molar-refractivity contribution in [3.63, 3.8) is 0 Å². The van der Waals surface area contributed by atoms with Crippen LogP contribution in [-0.4, -0.2) is 51.4 Å². The number of thiazole rings is 1. The fourth-order valence-electron chi connectivity index (χ4n) is 2.85. The summed E-state index contributed by atoms with van der Waals surface area (Å²) in [7, 11) is 3.98. The van der Waals surface area contributed by atoms with Crippen LogP contribution in [0.2, 0.25) is 0 Å². The van der Waals surface area contributed by atoms with E-state index >= 15 is 0 Å². The second-order valence-corrected chi connectivity index (χ2v) is 7.12. The van der Waals surface area contributed by atoms with Crippen LogP contribution < -0.4 is 4.90 Å². The molecule has 0 atom stereocenters. The molecule has 1 aliphatic rings. The van der Waals surface area contributed by atoms with Crippen LogP contribution in [-0.2, 0) is 24.3 Å². The van der Waals surface area contributed by atoms with E-state index < -0.39 is 0 Å². The summed E-state index contributed by atoms with van der Waals surface area (Å²) >= 11 is 1.66. The van der Waals surface area contributed by atoms with Crippen LogP contribution >= 0.6 is 11.3 Å². The lowest BCUT2D eigenvalue weighted by Gasteiger charge is -2.26. The van der Waals surface area contributed by atoms with Crippen LogP contribution in [0.1, 0.15) is 10.6 Å². The Kier molecular flexibility index (Phi) is 3.68. The number of amides is 1. The normalized spacial score (nSPS) is 14.0. The summed E-state index contributed by atoms with van der Waals surface area (Å²) in [5.41, 5.74) is 2.82. The van der Waals surface area contributed by atoms with Gasteiger partial charge >= 0.3 is 0 Å². The molecule has 24 heavy (non-hydrogen) atoms. The van der Waals surface area contributed by atoms with Crippen LogP contribution in [0.4, 0.5) is 5.13 Å². The molecule has 0 saturated carbocycles. The summed E-state index contributed by atoms with van der Waals surface area (Å²) in [6.07, 6.45) is 0.809. The predicted molar refractivity (Wildman–Crippen MR) is 93.1 cm³/mol. The minimum absolute atomic E-state index is 0.0658. The molecule has 7 nitrogen and oxygen atoms in total. The first-order chi connectivity index (χ1) is 11.6. The SMILES string of the molecule is CN(C)c1nc2c(s1)CN(C(=O)Cn1nnc3ccccc31)CC2. The van der Waals surface area contributed by atoms with Crippen LogP contribution in [0.5, 0.6) is 0 Å². The number of rotatable bonds is 3. The molecule has 0 radical (unpaired) electrons. The lowest BCUT2D eigenvalue weighted by atomic mass is 10.2. The Balaban J connectivity index is 1.51. The van der Waals surface area contributed by atoms with E-state index in [0.29, 0.717) is 13.1 Å². The molecule has 3 heterocycles. The third kappa shape index (κ3) is 2.62. The quantitative estimate of drug-likeness (QED) is 0.722. The van der Waals surface area contributed by atoms with Gasteiger partial charge in [0.05, 0.1) is 17.8 Å². The molecule has 0 fully saturated rings. The lowest BCUT2D eigenvalue weighted by molar-refractivity contribution is -0.132. The highest BCUT2D eigenvalue weighted by molar-refractivity contribution is 7.15. The van der Waals surface area contributed by atoms with Gasteiger partial charge in [-0.1, -0.05) is 28.7 Å². The first kappa shape index (κ1) is 15.1. The van der Waals surface area contributed by atoms with Gasteiger partial charge in [0.1, 0.15) is 12.1 Å². The Morgan fingerprint density at radius 2 is 2.17 bits per heavy atom. The van der Waals surface area contributed by atoms with Gasteiger partial charge in [0.15, 0.2) is 5.13 Å². The predicted octanol–water partition coefficient (Wildman–Crippen LogP) is 1.54. The second-order valence-electron chi connectivity index (χ2n) is 6.06. The van der Waals surface area contributed by atoms with Gasteiger partial charge in [0.25, 0.3) is 0 Å². The molecular formula is C16H18N6OS. The number of carbonyl (C=O) groups excluding carboxylic acids is 1. The highest BCUT2D eigenvalue weighted by atomic mass is 32.1. The number of hydrogen-bond donors (Lipinski definition) is 0. The van der Waals surface area contributed by atoms with Gasteiger partial charge in [0.2, 0.25) is 5.91 Å². The van der Waals surface area contributed by atoms with Crippen molar-refractivity contribution in [1.82, 2.24) is 24.9 Å². The van der Waals surface area contributed by atoms with Gasteiger partial charge in [0, 0.05) is 31.9 Å². The molecule has 8 heteroatoms. The molecule has 0 unspecified atom stereocenters. The summed E-state index contributed by atoms with van der Waals surface area (Å²) in [4.78, 5) is 22.4. The number of nitrogens with zero attached hydrogens (tertiary/aromatic N) is 6. The van der Waals surface area contributed by atoms with Gasteiger partial charge in [-0.05, 0) is 12.1 Å². The molecule has 124 valence electrons. The molecule has 3 aromatic rings. The van der Waals surface area contributed by atoms with Crippen molar-refractivity contribution in [2.45, 2.75) is 19.5 Å². The van der Waals surface area contributed by atoms with E-state index in [0.717, 1.165) is 28.3 Å². The van der Waals surface area contributed by atoms with Crippen molar-refractivity contribution >= 4 is 33.4 Å². The average Bonchev–Trinajstić information content (AvgIpc) is 3.18. The van der Waals surface area contributed by atoms with E-state index in [1.165, 1.54) is 4.88 Å². The van der Waals surface area contributed by atoms with Crippen LogP contribution in [0.25, 0.3) is 11.0 Å². The van der Waals surface area contributed by atoms with Crippen molar-refractivity contribution in [3.8, 4) is 0 Å². The number of benzene rings is 1. The van der Waals surface area contributed by atoms with Crippen LogP contribution in [0.3, 0.4) is 0 Å². The largest absolute Gasteiger partial charge is 0.354 e. The van der Waals surface area contributed by atoms with Gasteiger partial charge in [-0.2, -0.15) is 0 Å². The fourth-order valence-corrected chi connectivity index (χ4v) is 3.89. The van der Waals surface area contributed by atoms with E-state index in [4.69, 9.17) is 0 Å². The van der Waals surface area contributed by atoms with E-state index in [-0.39, 0.29) is 12.5 Å².